The first-order valence-corrected chi connectivity index (χ1v) is 7.42. The van der Waals surface area contributed by atoms with Crippen LogP contribution in [0.1, 0.15) is 23.8 Å². The Morgan fingerprint density at radius 3 is 2.87 bits per heavy atom. The highest BCUT2D eigenvalue weighted by molar-refractivity contribution is 9.13. The molecule has 2 nitrogen and oxygen atoms in total. The highest BCUT2D eigenvalue weighted by Gasteiger charge is 2.24. The molecule has 84 valence electrons. The lowest BCUT2D eigenvalue weighted by Gasteiger charge is -2.26. The van der Waals surface area contributed by atoms with E-state index in [4.69, 9.17) is 0 Å². The molecular formula is C10H13Br2NOS. The zero-order chi connectivity index (χ0) is 10.8. The minimum Gasteiger partial charge on any atom is -0.387 e. The lowest BCUT2D eigenvalue weighted by molar-refractivity contribution is 0.0953. The number of piperidine rings is 1. The first-order valence-electron chi connectivity index (χ1n) is 5.02. The third-order valence-electron chi connectivity index (χ3n) is 2.74. The van der Waals surface area contributed by atoms with Crippen molar-refractivity contribution in [1.29, 1.82) is 0 Å². The molecule has 1 aliphatic heterocycles. The first-order chi connectivity index (χ1) is 7.18. The molecule has 0 spiro atoms. The molecule has 5 heteroatoms. The van der Waals surface area contributed by atoms with Gasteiger partial charge in [0.15, 0.2) is 0 Å². The zero-order valence-electron chi connectivity index (χ0n) is 8.17. The molecule has 1 aliphatic rings. The van der Waals surface area contributed by atoms with E-state index in [9.17, 15) is 5.11 Å². The molecular weight excluding hydrogens is 342 g/mol. The summed E-state index contributed by atoms with van der Waals surface area (Å²) in [6.07, 6.45) is 1.95. The van der Waals surface area contributed by atoms with Gasteiger partial charge in [-0.25, -0.2) is 0 Å². The summed E-state index contributed by atoms with van der Waals surface area (Å²) in [5.74, 6) is 0.358. The van der Waals surface area contributed by atoms with Gasteiger partial charge in [-0.1, -0.05) is 0 Å². The monoisotopic (exact) mass is 353 g/mol. The van der Waals surface area contributed by atoms with Crippen molar-refractivity contribution in [2.24, 2.45) is 5.92 Å². The van der Waals surface area contributed by atoms with Crippen LogP contribution in [0.15, 0.2) is 14.3 Å². The molecule has 0 saturated carbocycles. The lowest BCUT2D eigenvalue weighted by Crippen LogP contribution is -2.33. The second-order valence-electron chi connectivity index (χ2n) is 3.82. The lowest BCUT2D eigenvalue weighted by atomic mass is 9.93. The number of nitrogens with one attached hydrogen (secondary N) is 1. The van der Waals surface area contributed by atoms with Crippen LogP contribution in [-0.2, 0) is 0 Å². The molecule has 2 unspecified atom stereocenters. The van der Waals surface area contributed by atoms with Gasteiger partial charge in [-0.15, -0.1) is 11.3 Å². The van der Waals surface area contributed by atoms with Crippen LogP contribution in [0.3, 0.4) is 0 Å². The summed E-state index contributed by atoms with van der Waals surface area (Å²) >= 11 is 8.51. The molecule has 2 N–H and O–H groups in total. The Balaban J connectivity index is 2.08. The van der Waals surface area contributed by atoms with Gasteiger partial charge in [0.25, 0.3) is 0 Å². The average molecular weight is 355 g/mol. The van der Waals surface area contributed by atoms with Crippen LogP contribution < -0.4 is 5.32 Å². The molecule has 1 saturated heterocycles. The van der Waals surface area contributed by atoms with Gasteiger partial charge < -0.3 is 10.4 Å². The summed E-state index contributed by atoms with van der Waals surface area (Å²) in [6, 6.07) is 2.01. The highest BCUT2D eigenvalue weighted by Crippen LogP contribution is 2.38. The van der Waals surface area contributed by atoms with Crippen LogP contribution in [0.5, 0.6) is 0 Å². The Kier molecular flexibility index (Phi) is 4.24. The van der Waals surface area contributed by atoms with Crippen LogP contribution in [0.2, 0.25) is 0 Å². The van der Waals surface area contributed by atoms with Crippen molar-refractivity contribution in [3.63, 3.8) is 0 Å². The van der Waals surface area contributed by atoms with Gasteiger partial charge in [0.1, 0.15) is 0 Å². The summed E-state index contributed by atoms with van der Waals surface area (Å²) in [5, 5.41) is 13.5. The Labute approximate surface area is 110 Å². The number of hydrogen-bond acceptors (Lipinski definition) is 3. The molecule has 0 aromatic carbocycles. The predicted molar refractivity (Wildman–Crippen MR) is 70.3 cm³/mol. The smallest absolute Gasteiger partial charge is 0.0922 e. The molecule has 2 rings (SSSR count). The Bertz CT molecular complexity index is 317. The average Bonchev–Trinajstić information content (AvgIpc) is 2.59. The minimum absolute atomic E-state index is 0.328. The van der Waals surface area contributed by atoms with Gasteiger partial charge in [-0.3, -0.25) is 0 Å². The topological polar surface area (TPSA) is 32.3 Å². The Morgan fingerprint density at radius 1 is 1.53 bits per heavy atom. The highest BCUT2D eigenvalue weighted by atomic mass is 79.9. The van der Waals surface area contributed by atoms with E-state index in [0.717, 1.165) is 39.1 Å². The molecule has 1 fully saturated rings. The first kappa shape index (κ1) is 12.0. The number of hydrogen-bond donors (Lipinski definition) is 2. The van der Waals surface area contributed by atoms with E-state index in [1.807, 2.05) is 6.07 Å². The van der Waals surface area contributed by atoms with Gasteiger partial charge in [0.05, 0.1) is 9.89 Å². The maximum absolute atomic E-state index is 10.2. The fourth-order valence-electron chi connectivity index (χ4n) is 1.89. The normalized spacial score (nSPS) is 24.1. The number of halogens is 2. The second-order valence-corrected chi connectivity index (χ2v) is 7.08. The maximum Gasteiger partial charge on any atom is 0.0922 e. The van der Waals surface area contributed by atoms with Crippen LogP contribution in [0.25, 0.3) is 0 Å². The van der Waals surface area contributed by atoms with Crippen LogP contribution >= 0.6 is 43.2 Å². The summed E-state index contributed by atoms with van der Waals surface area (Å²) in [5.41, 5.74) is 0. The summed E-state index contributed by atoms with van der Waals surface area (Å²) < 4.78 is 2.09. The number of aliphatic hydroxyl groups is 1. The van der Waals surface area contributed by atoms with Gasteiger partial charge >= 0.3 is 0 Å². The van der Waals surface area contributed by atoms with Crippen LogP contribution in [0.4, 0.5) is 0 Å². The van der Waals surface area contributed by atoms with Crippen LogP contribution in [-0.4, -0.2) is 18.2 Å². The second kappa shape index (κ2) is 5.27. The minimum atomic E-state index is -0.328. The summed E-state index contributed by atoms with van der Waals surface area (Å²) in [4.78, 5) is 1.04. The van der Waals surface area contributed by atoms with Crippen LogP contribution in [0, 0.1) is 5.92 Å². The molecule has 15 heavy (non-hydrogen) atoms. The zero-order valence-corrected chi connectivity index (χ0v) is 12.2. The third kappa shape index (κ3) is 2.82. The van der Waals surface area contributed by atoms with Gasteiger partial charge in [0, 0.05) is 21.8 Å². The summed E-state index contributed by atoms with van der Waals surface area (Å²) in [7, 11) is 0. The summed E-state index contributed by atoms with van der Waals surface area (Å²) in [6.45, 7) is 2.01. The Hall–Kier alpha value is 0.580. The third-order valence-corrected chi connectivity index (χ3v) is 6.06. The standard InChI is InChI=1S/C10H13Br2NOS/c11-7-4-8(15-10(7)12)9(14)6-2-1-3-13-5-6/h4,6,9,13-14H,1-3,5H2. The molecule has 0 radical (unpaired) electrons. The quantitative estimate of drug-likeness (QED) is 0.853. The number of aliphatic hydroxyl groups excluding tert-OH is 1. The fraction of sp³-hybridized carbons (Fsp3) is 0.600. The van der Waals surface area contributed by atoms with E-state index in [-0.39, 0.29) is 6.10 Å². The van der Waals surface area contributed by atoms with Crippen molar-refractivity contribution in [3.8, 4) is 0 Å². The van der Waals surface area contributed by atoms with E-state index >= 15 is 0 Å². The van der Waals surface area contributed by atoms with E-state index in [1.165, 1.54) is 0 Å². The van der Waals surface area contributed by atoms with Gasteiger partial charge in [-0.05, 0) is 57.3 Å². The van der Waals surface area contributed by atoms with Crippen molar-refractivity contribution >= 4 is 43.2 Å². The molecule has 0 aliphatic carbocycles. The number of thiophene rings is 1. The molecule has 2 atom stereocenters. The van der Waals surface area contributed by atoms with Crippen molar-refractivity contribution < 1.29 is 5.11 Å². The van der Waals surface area contributed by atoms with Crippen molar-refractivity contribution in [3.05, 3.63) is 19.2 Å². The maximum atomic E-state index is 10.2. The molecule has 0 bridgehead atoms. The predicted octanol–water partition coefficient (Wildman–Crippen LogP) is 3.31. The molecule has 0 amide bonds. The SMILES string of the molecule is OC(c1cc(Br)c(Br)s1)C1CCCNC1. The van der Waals surface area contributed by atoms with Gasteiger partial charge in [-0.2, -0.15) is 0 Å². The van der Waals surface area contributed by atoms with E-state index < -0.39 is 0 Å². The fourth-order valence-corrected chi connectivity index (χ4v) is 4.06. The van der Waals surface area contributed by atoms with Crippen molar-refractivity contribution in [2.45, 2.75) is 18.9 Å². The van der Waals surface area contributed by atoms with Gasteiger partial charge in [0.2, 0.25) is 0 Å². The van der Waals surface area contributed by atoms with Crippen molar-refractivity contribution in [2.75, 3.05) is 13.1 Å². The van der Waals surface area contributed by atoms with E-state index in [0.29, 0.717) is 5.92 Å². The largest absolute Gasteiger partial charge is 0.387 e. The Morgan fingerprint density at radius 2 is 2.33 bits per heavy atom. The molecule has 2 heterocycles. The van der Waals surface area contributed by atoms with E-state index in [2.05, 4.69) is 37.2 Å². The molecule has 1 aromatic heterocycles. The number of rotatable bonds is 2. The van der Waals surface area contributed by atoms with E-state index in [1.54, 1.807) is 11.3 Å². The van der Waals surface area contributed by atoms with Crippen molar-refractivity contribution in [1.82, 2.24) is 5.32 Å². The molecule has 1 aromatic rings.